The number of imidazole rings is 1. The zero-order valence-electron chi connectivity index (χ0n) is 19.8. The van der Waals surface area contributed by atoms with Crippen LogP contribution in [0.25, 0.3) is 44.2 Å². The van der Waals surface area contributed by atoms with Gasteiger partial charge in [0.05, 0.1) is 11.0 Å². The summed E-state index contributed by atoms with van der Waals surface area (Å²) in [6.07, 6.45) is -2.13. The molecule has 5 aromatic rings. The Morgan fingerprint density at radius 2 is 1.72 bits per heavy atom. The monoisotopic (exact) mass is 490 g/mol. The number of rotatable bonds is 6. The van der Waals surface area contributed by atoms with Crippen molar-refractivity contribution < 1.29 is 18.0 Å². The summed E-state index contributed by atoms with van der Waals surface area (Å²) in [4.78, 5) is 17.2. The van der Waals surface area contributed by atoms with Gasteiger partial charge in [-0.05, 0) is 68.1 Å². The van der Waals surface area contributed by atoms with Gasteiger partial charge in [-0.1, -0.05) is 18.2 Å². The van der Waals surface area contributed by atoms with Crippen LogP contribution < -0.4 is 5.32 Å². The van der Waals surface area contributed by atoms with E-state index < -0.39 is 18.6 Å². The van der Waals surface area contributed by atoms with Crippen molar-refractivity contribution in [2.75, 3.05) is 6.54 Å². The van der Waals surface area contributed by atoms with Gasteiger partial charge in [0.15, 0.2) is 0 Å². The fourth-order valence-corrected chi connectivity index (χ4v) is 5.05. The Morgan fingerprint density at radius 3 is 2.47 bits per heavy atom. The maximum atomic E-state index is 12.6. The first-order valence-corrected chi connectivity index (χ1v) is 12.2. The third-order valence-corrected chi connectivity index (χ3v) is 6.94. The lowest BCUT2D eigenvalue weighted by Gasteiger charge is -2.10. The molecule has 0 unspecified atom stereocenters. The Balaban J connectivity index is 1.46. The van der Waals surface area contributed by atoms with E-state index in [9.17, 15) is 18.0 Å². The number of fused-ring (bicyclic) bond motifs is 4. The van der Waals surface area contributed by atoms with Crippen molar-refractivity contribution in [3.8, 4) is 11.4 Å². The predicted octanol–water partition coefficient (Wildman–Crippen LogP) is 6.53. The van der Waals surface area contributed by atoms with Crippen molar-refractivity contribution in [3.63, 3.8) is 0 Å². The zero-order chi connectivity index (χ0) is 25.0. The van der Waals surface area contributed by atoms with E-state index in [0.717, 1.165) is 40.9 Å². The Hall–Kier alpha value is -3.81. The van der Waals surface area contributed by atoms with Crippen LogP contribution in [0.15, 0.2) is 60.7 Å². The second kappa shape index (κ2) is 8.40. The molecule has 184 valence electrons. The topological polar surface area (TPSA) is 51.9 Å². The number of alkyl halides is 3. The molecule has 0 saturated heterocycles. The largest absolute Gasteiger partial charge is 0.405 e. The highest BCUT2D eigenvalue weighted by atomic mass is 19.4. The second-order valence-electron chi connectivity index (χ2n) is 9.48. The standard InChI is InChI=1S/C28H25F3N4O/c1-2-34-23-6-4-3-5-20(23)21-13-18(9-11-24(21)34)26-33-22-14-19(27(36)32-16-28(29,30)31)10-12-25(22)35(26)15-17-7-8-17/h3-6,9-14,17H,2,7-8,15-16H2,1H3,(H,32,36). The molecule has 3 aromatic carbocycles. The van der Waals surface area contributed by atoms with Gasteiger partial charge in [0.25, 0.3) is 5.91 Å². The lowest BCUT2D eigenvalue weighted by molar-refractivity contribution is -0.123. The normalized spacial score (nSPS) is 14.2. The summed E-state index contributed by atoms with van der Waals surface area (Å²) < 4.78 is 42.2. The lowest BCUT2D eigenvalue weighted by atomic mass is 10.1. The van der Waals surface area contributed by atoms with Crippen LogP contribution in [-0.2, 0) is 13.1 Å². The van der Waals surface area contributed by atoms with E-state index in [0.29, 0.717) is 11.4 Å². The maximum absolute atomic E-state index is 12.6. The number of halogens is 3. The Bertz CT molecular complexity index is 1630. The van der Waals surface area contributed by atoms with Crippen LogP contribution in [0, 0.1) is 5.92 Å². The molecule has 1 amide bonds. The molecule has 0 aliphatic heterocycles. The SMILES string of the molecule is CCn1c2ccccc2c2cc(-c3nc4cc(C(=O)NCC(F)(F)F)ccc4n3CC3CC3)ccc21. The molecule has 2 aromatic heterocycles. The lowest BCUT2D eigenvalue weighted by Crippen LogP contribution is -2.33. The van der Waals surface area contributed by atoms with Crippen LogP contribution in [0.1, 0.15) is 30.1 Å². The van der Waals surface area contributed by atoms with E-state index in [1.54, 1.807) is 18.2 Å². The van der Waals surface area contributed by atoms with Crippen LogP contribution in [0.5, 0.6) is 0 Å². The zero-order valence-corrected chi connectivity index (χ0v) is 19.8. The molecule has 8 heteroatoms. The third-order valence-electron chi connectivity index (χ3n) is 6.94. The van der Waals surface area contributed by atoms with E-state index in [2.05, 4.69) is 46.4 Å². The fourth-order valence-electron chi connectivity index (χ4n) is 5.05. The van der Waals surface area contributed by atoms with Crippen molar-refractivity contribution in [2.45, 2.75) is 39.0 Å². The Labute approximate surface area is 205 Å². The predicted molar refractivity (Wildman–Crippen MR) is 135 cm³/mol. The van der Waals surface area contributed by atoms with Gasteiger partial charge in [-0.25, -0.2) is 4.98 Å². The van der Waals surface area contributed by atoms with Gasteiger partial charge in [-0.3, -0.25) is 4.79 Å². The third kappa shape index (κ3) is 4.00. The molecular weight excluding hydrogens is 465 g/mol. The summed E-state index contributed by atoms with van der Waals surface area (Å²) in [5.41, 5.74) is 4.96. The van der Waals surface area contributed by atoms with Crippen molar-refractivity contribution in [2.24, 2.45) is 5.92 Å². The van der Waals surface area contributed by atoms with Crippen LogP contribution >= 0.6 is 0 Å². The highest BCUT2D eigenvalue weighted by Gasteiger charge is 2.28. The van der Waals surface area contributed by atoms with Crippen LogP contribution in [0.3, 0.4) is 0 Å². The van der Waals surface area contributed by atoms with E-state index in [-0.39, 0.29) is 5.56 Å². The highest BCUT2D eigenvalue weighted by Crippen LogP contribution is 2.37. The van der Waals surface area contributed by atoms with Gasteiger partial charge in [-0.15, -0.1) is 0 Å². The summed E-state index contributed by atoms with van der Waals surface area (Å²) in [6.45, 7) is 2.46. The molecular formula is C28H25F3N4O. The first-order valence-electron chi connectivity index (χ1n) is 12.2. The maximum Gasteiger partial charge on any atom is 0.405 e. The number of aromatic nitrogens is 3. The van der Waals surface area contributed by atoms with Crippen molar-refractivity contribution in [1.29, 1.82) is 0 Å². The molecule has 0 spiro atoms. The molecule has 1 fully saturated rings. The van der Waals surface area contributed by atoms with Crippen molar-refractivity contribution in [1.82, 2.24) is 19.4 Å². The van der Waals surface area contributed by atoms with E-state index in [1.165, 1.54) is 23.7 Å². The average Bonchev–Trinajstić information content (AvgIpc) is 3.54. The van der Waals surface area contributed by atoms with Gasteiger partial charge in [0.2, 0.25) is 0 Å². The number of nitrogens with one attached hydrogen (secondary N) is 1. The first kappa shape index (κ1) is 22.6. The van der Waals surface area contributed by atoms with Gasteiger partial charge in [-0.2, -0.15) is 13.2 Å². The molecule has 1 N–H and O–H groups in total. The van der Waals surface area contributed by atoms with Crippen LogP contribution in [0.2, 0.25) is 0 Å². The second-order valence-corrected chi connectivity index (χ2v) is 9.48. The summed E-state index contributed by atoms with van der Waals surface area (Å²) in [5, 5.41) is 4.28. The van der Waals surface area contributed by atoms with E-state index in [4.69, 9.17) is 4.98 Å². The molecule has 6 rings (SSSR count). The molecule has 0 bridgehead atoms. The number of hydrogen-bond acceptors (Lipinski definition) is 2. The number of para-hydroxylation sites is 1. The number of aryl methyl sites for hydroxylation is 1. The van der Waals surface area contributed by atoms with Gasteiger partial charge >= 0.3 is 6.18 Å². The average molecular weight is 491 g/mol. The summed E-state index contributed by atoms with van der Waals surface area (Å²) in [7, 11) is 0. The van der Waals surface area contributed by atoms with Crippen LogP contribution in [-0.4, -0.2) is 32.7 Å². The summed E-state index contributed by atoms with van der Waals surface area (Å²) in [6, 6.07) is 19.7. The van der Waals surface area contributed by atoms with Gasteiger partial charge < -0.3 is 14.5 Å². The van der Waals surface area contributed by atoms with Crippen molar-refractivity contribution >= 4 is 38.7 Å². The Morgan fingerprint density at radius 1 is 0.972 bits per heavy atom. The molecule has 0 atom stereocenters. The minimum absolute atomic E-state index is 0.163. The van der Waals surface area contributed by atoms with Crippen LogP contribution in [0.4, 0.5) is 13.2 Å². The molecule has 1 aliphatic carbocycles. The molecule has 1 aliphatic rings. The first-order chi connectivity index (χ1) is 17.3. The summed E-state index contributed by atoms with van der Waals surface area (Å²) >= 11 is 0. The minimum atomic E-state index is -4.46. The number of nitrogens with zero attached hydrogens (tertiary/aromatic N) is 3. The molecule has 0 radical (unpaired) electrons. The number of carbonyl (C=O) groups is 1. The fraction of sp³-hybridized carbons (Fsp3) is 0.286. The van der Waals surface area contributed by atoms with Crippen molar-refractivity contribution in [3.05, 3.63) is 66.2 Å². The number of benzene rings is 3. The van der Waals surface area contributed by atoms with Gasteiger partial charge in [0.1, 0.15) is 12.4 Å². The molecule has 2 heterocycles. The molecule has 1 saturated carbocycles. The number of hydrogen-bond donors (Lipinski definition) is 1. The van der Waals surface area contributed by atoms with Gasteiger partial charge in [0, 0.05) is 46.0 Å². The smallest absolute Gasteiger partial charge is 0.343 e. The molecule has 36 heavy (non-hydrogen) atoms. The number of carbonyl (C=O) groups excluding carboxylic acids is 1. The minimum Gasteiger partial charge on any atom is -0.343 e. The quantitative estimate of drug-likeness (QED) is 0.294. The number of amides is 1. The molecule has 5 nitrogen and oxygen atoms in total. The van der Waals surface area contributed by atoms with E-state index >= 15 is 0 Å². The Kier molecular flexibility index (Phi) is 5.28. The summed E-state index contributed by atoms with van der Waals surface area (Å²) in [5.74, 6) is 0.628. The van der Waals surface area contributed by atoms with E-state index in [1.807, 2.05) is 17.4 Å². The highest BCUT2D eigenvalue weighted by molar-refractivity contribution is 6.09.